The number of β-amino-alcohol motifs (C(OH)–C–C–N with tert-alkyl or cyclic N) is 1. The van der Waals surface area contributed by atoms with Gasteiger partial charge in [-0.1, -0.05) is 0 Å². The maximum Gasteiger partial charge on any atom is 0.162 e. The average molecular weight is 249 g/mol. The van der Waals surface area contributed by atoms with E-state index in [1.165, 1.54) is 0 Å². The molecule has 0 aliphatic carbocycles. The summed E-state index contributed by atoms with van der Waals surface area (Å²) in [5.41, 5.74) is 7.20. The predicted molar refractivity (Wildman–Crippen MR) is 70.0 cm³/mol. The van der Waals surface area contributed by atoms with Gasteiger partial charge >= 0.3 is 0 Å². The highest BCUT2D eigenvalue weighted by molar-refractivity contribution is 6.01. The quantitative estimate of drug-likeness (QED) is 0.518. The van der Waals surface area contributed by atoms with Gasteiger partial charge in [0, 0.05) is 13.1 Å². The summed E-state index contributed by atoms with van der Waals surface area (Å²) in [5.74, 6) is 0.593. The molecule has 98 valence electrons. The fraction of sp³-hybridized carbons (Fsp3) is 0.583. The van der Waals surface area contributed by atoms with Crippen molar-refractivity contribution in [2.75, 3.05) is 18.0 Å². The van der Waals surface area contributed by atoms with E-state index in [-0.39, 0.29) is 5.84 Å². The number of amidine groups is 1. The van der Waals surface area contributed by atoms with Crippen LogP contribution in [0.4, 0.5) is 5.82 Å². The molecule has 6 heteroatoms. The van der Waals surface area contributed by atoms with Crippen molar-refractivity contribution < 1.29 is 5.11 Å². The zero-order valence-electron chi connectivity index (χ0n) is 11.0. The van der Waals surface area contributed by atoms with Gasteiger partial charge < -0.3 is 15.7 Å². The molecule has 1 aromatic rings. The fourth-order valence-electron chi connectivity index (χ4n) is 2.27. The van der Waals surface area contributed by atoms with Gasteiger partial charge in [-0.25, -0.2) is 0 Å². The minimum Gasteiger partial charge on any atom is -0.388 e. The molecule has 0 bridgehead atoms. The maximum atomic E-state index is 10.0. The van der Waals surface area contributed by atoms with Crippen LogP contribution in [0.2, 0.25) is 0 Å². The Morgan fingerprint density at radius 1 is 1.44 bits per heavy atom. The van der Waals surface area contributed by atoms with E-state index in [0.717, 1.165) is 11.3 Å². The molecule has 2 heterocycles. The first-order chi connectivity index (χ1) is 8.32. The minimum atomic E-state index is -0.714. The molecule has 1 atom stereocenters. The lowest BCUT2D eigenvalue weighted by atomic mass is 10.1. The topological polar surface area (TPSA) is 99.1 Å². The first-order valence-corrected chi connectivity index (χ1v) is 5.97. The van der Waals surface area contributed by atoms with Crippen molar-refractivity contribution in [2.45, 2.75) is 32.8 Å². The van der Waals surface area contributed by atoms with Gasteiger partial charge in [0.05, 0.1) is 16.9 Å². The molecule has 1 unspecified atom stereocenters. The normalized spacial score (nSPS) is 23.4. The molecule has 1 fully saturated rings. The lowest BCUT2D eigenvalue weighted by Gasteiger charge is -2.22. The summed E-state index contributed by atoms with van der Waals surface area (Å²) < 4.78 is 0. The predicted octanol–water partition coefficient (Wildman–Crippen LogP) is 0.339. The molecule has 0 aromatic carbocycles. The molecule has 0 amide bonds. The third-order valence-corrected chi connectivity index (χ3v) is 3.46. The van der Waals surface area contributed by atoms with E-state index in [0.29, 0.717) is 30.9 Å². The number of hydrogen-bond acceptors (Lipinski definition) is 5. The highest BCUT2D eigenvalue weighted by Crippen LogP contribution is 2.28. The Bertz CT molecular complexity index is 497. The van der Waals surface area contributed by atoms with Gasteiger partial charge in [0.2, 0.25) is 0 Å². The van der Waals surface area contributed by atoms with Gasteiger partial charge in [0.15, 0.2) is 5.82 Å². The van der Waals surface area contributed by atoms with Gasteiger partial charge in [0.25, 0.3) is 0 Å². The summed E-state index contributed by atoms with van der Waals surface area (Å²) in [7, 11) is 0. The number of aryl methyl sites for hydroxylation is 1. The van der Waals surface area contributed by atoms with Crippen molar-refractivity contribution >= 4 is 11.7 Å². The minimum absolute atomic E-state index is 0.00737. The molecule has 1 aliphatic heterocycles. The Morgan fingerprint density at radius 2 is 2.11 bits per heavy atom. The molecule has 4 N–H and O–H groups in total. The number of hydrogen-bond donors (Lipinski definition) is 3. The standard InChI is InChI=1S/C12H19N5O/c1-7-8(2)15-16-11(9(7)10(13)14)17-5-4-12(3,18)6-17/h18H,4-6H2,1-3H3,(H3,13,14). The third kappa shape index (κ3) is 2.15. The molecule has 0 saturated carbocycles. The Labute approximate surface area is 106 Å². The van der Waals surface area contributed by atoms with Crippen molar-refractivity contribution in [1.29, 1.82) is 5.41 Å². The summed E-state index contributed by atoms with van der Waals surface area (Å²) in [6.07, 6.45) is 0.680. The lowest BCUT2D eigenvalue weighted by molar-refractivity contribution is 0.0839. The maximum absolute atomic E-state index is 10.0. The van der Waals surface area contributed by atoms with Gasteiger partial charge in [-0.3, -0.25) is 5.41 Å². The second kappa shape index (κ2) is 4.20. The molecule has 2 rings (SSSR count). The summed E-state index contributed by atoms with van der Waals surface area (Å²) in [6, 6.07) is 0. The van der Waals surface area contributed by atoms with Crippen LogP contribution in [0.3, 0.4) is 0 Å². The number of aliphatic hydroxyl groups is 1. The Hall–Kier alpha value is -1.69. The molecular weight excluding hydrogens is 230 g/mol. The molecular formula is C12H19N5O. The lowest BCUT2D eigenvalue weighted by Crippen LogP contribution is -2.32. The highest BCUT2D eigenvalue weighted by atomic mass is 16.3. The summed E-state index contributed by atoms with van der Waals surface area (Å²) in [4.78, 5) is 1.94. The number of nitrogens with zero attached hydrogens (tertiary/aromatic N) is 3. The van der Waals surface area contributed by atoms with E-state index in [2.05, 4.69) is 10.2 Å². The van der Waals surface area contributed by atoms with Gasteiger partial charge in [0.1, 0.15) is 5.84 Å². The van der Waals surface area contributed by atoms with E-state index < -0.39 is 5.60 Å². The van der Waals surface area contributed by atoms with E-state index in [1.807, 2.05) is 18.7 Å². The van der Waals surface area contributed by atoms with Crippen LogP contribution in [-0.4, -0.2) is 39.8 Å². The second-order valence-electron chi connectivity index (χ2n) is 5.19. The van der Waals surface area contributed by atoms with E-state index in [4.69, 9.17) is 11.1 Å². The number of nitrogens with two attached hydrogens (primary N) is 1. The summed E-state index contributed by atoms with van der Waals surface area (Å²) in [5, 5.41) is 25.9. The van der Waals surface area contributed by atoms with Crippen LogP contribution in [0.1, 0.15) is 30.2 Å². The highest BCUT2D eigenvalue weighted by Gasteiger charge is 2.34. The smallest absolute Gasteiger partial charge is 0.162 e. The van der Waals surface area contributed by atoms with E-state index >= 15 is 0 Å². The third-order valence-electron chi connectivity index (χ3n) is 3.46. The average Bonchev–Trinajstić information content (AvgIpc) is 2.62. The van der Waals surface area contributed by atoms with Crippen LogP contribution in [0.5, 0.6) is 0 Å². The van der Waals surface area contributed by atoms with Crippen LogP contribution in [0.15, 0.2) is 0 Å². The summed E-state index contributed by atoms with van der Waals surface area (Å²) >= 11 is 0. The number of nitrogens with one attached hydrogen (secondary N) is 1. The zero-order chi connectivity index (χ0) is 13.5. The molecule has 0 spiro atoms. The first-order valence-electron chi connectivity index (χ1n) is 5.97. The van der Waals surface area contributed by atoms with Crippen molar-refractivity contribution in [3.05, 3.63) is 16.8 Å². The number of aromatic nitrogens is 2. The molecule has 1 saturated heterocycles. The largest absolute Gasteiger partial charge is 0.388 e. The van der Waals surface area contributed by atoms with Crippen molar-refractivity contribution in [3.63, 3.8) is 0 Å². The number of nitrogen functional groups attached to an aromatic ring is 1. The molecule has 1 aliphatic rings. The Kier molecular flexibility index (Phi) is 2.98. The monoisotopic (exact) mass is 249 g/mol. The van der Waals surface area contributed by atoms with Gasteiger partial charge in [-0.05, 0) is 32.8 Å². The van der Waals surface area contributed by atoms with Crippen LogP contribution in [-0.2, 0) is 0 Å². The van der Waals surface area contributed by atoms with Crippen molar-refractivity contribution in [3.8, 4) is 0 Å². The number of anilines is 1. The van der Waals surface area contributed by atoms with Crippen LogP contribution in [0.25, 0.3) is 0 Å². The SMILES string of the molecule is Cc1nnc(N2CCC(C)(O)C2)c(C(=N)N)c1C. The fourth-order valence-corrected chi connectivity index (χ4v) is 2.27. The van der Waals surface area contributed by atoms with Crippen LogP contribution in [0, 0.1) is 19.3 Å². The van der Waals surface area contributed by atoms with Crippen LogP contribution >= 0.6 is 0 Å². The van der Waals surface area contributed by atoms with Gasteiger partial charge in [-0.15, -0.1) is 5.10 Å². The summed E-state index contributed by atoms with van der Waals surface area (Å²) in [6.45, 7) is 6.72. The number of rotatable bonds is 2. The van der Waals surface area contributed by atoms with E-state index in [9.17, 15) is 5.11 Å². The molecule has 6 nitrogen and oxygen atoms in total. The van der Waals surface area contributed by atoms with Crippen molar-refractivity contribution in [2.24, 2.45) is 5.73 Å². The van der Waals surface area contributed by atoms with Crippen molar-refractivity contribution in [1.82, 2.24) is 10.2 Å². The first kappa shape index (κ1) is 12.8. The Morgan fingerprint density at radius 3 is 2.61 bits per heavy atom. The zero-order valence-corrected chi connectivity index (χ0v) is 11.0. The second-order valence-corrected chi connectivity index (χ2v) is 5.19. The molecule has 1 aromatic heterocycles. The Balaban J connectivity index is 2.46. The van der Waals surface area contributed by atoms with Crippen LogP contribution < -0.4 is 10.6 Å². The molecule has 0 radical (unpaired) electrons. The van der Waals surface area contributed by atoms with Gasteiger partial charge in [-0.2, -0.15) is 5.10 Å². The van der Waals surface area contributed by atoms with E-state index in [1.54, 1.807) is 6.92 Å². The molecule has 18 heavy (non-hydrogen) atoms.